The van der Waals surface area contributed by atoms with E-state index in [4.69, 9.17) is 4.84 Å². The second-order valence-corrected chi connectivity index (χ2v) is 8.03. The molecule has 2 aliphatic rings. The number of carbonyl (C=O) groups excluding carboxylic acids is 1. The average Bonchev–Trinajstić information content (AvgIpc) is 3.27. The molecule has 148 valence electrons. The molecule has 1 saturated heterocycles. The van der Waals surface area contributed by atoms with Crippen LogP contribution >= 0.6 is 11.8 Å². The van der Waals surface area contributed by atoms with Gasteiger partial charge in [0.05, 0.1) is 17.8 Å². The smallest absolute Gasteiger partial charge is 0.372 e. The van der Waals surface area contributed by atoms with E-state index in [1.165, 1.54) is 18.3 Å². The lowest BCUT2D eigenvalue weighted by molar-refractivity contribution is -0.277. The van der Waals surface area contributed by atoms with Gasteiger partial charge in [0.25, 0.3) is 11.5 Å². The summed E-state index contributed by atoms with van der Waals surface area (Å²) in [5, 5.41) is 6.69. The third kappa shape index (κ3) is 3.17. The predicted octanol–water partition coefficient (Wildman–Crippen LogP) is 3.75. The van der Waals surface area contributed by atoms with Crippen molar-refractivity contribution in [2.24, 2.45) is 5.16 Å². The molecule has 0 spiro atoms. The molecule has 5 nitrogen and oxygen atoms in total. The fraction of sp³-hybridized carbons (Fsp3) is 0.368. The number of H-pyrrole nitrogens is 1. The first-order valence-corrected chi connectivity index (χ1v) is 9.91. The van der Waals surface area contributed by atoms with Crippen molar-refractivity contribution in [3.05, 3.63) is 58.9 Å². The molecular weight excluding hydrogens is 391 g/mol. The lowest BCUT2D eigenvalue weighted by atomic mass is 9.89. The molecule has 1 unspecified atom stereocenters. The van der Waals surface area contributed by atoms with E-state index in [9.17, 15) is 18.0 Å². The van der Waals surface area contributed by atoms with E-state index in [2.05, 4.69) is 15.5 Å². The first-order chi connectivity index (χ1) is 13.3. The van der Waals surface area contributed by atoms with Gasteiger partial charge in [-0.2, -0.15) is 24.9 Å². The van der Waals surface area contributed by atoms with Gasteiger partial charge in [-0.15, -0.1) is 0 Å². The van der Waals surface area contributed by atoms with Gasteiger partial charge in [-0.3, -0.25) is 4.79 Å². The van der Waals surface area contributed by atoms with E-state index < -0.39 is 18.2 Å². The van der Waals surface area contributed by atoms with Gasteiger partial charge in [0.2, 0.25) is 0 Å². The maximum Gasteiger partial charge on any atom is 0.437 e. The van der Waals surface area contributed by atoms with E-state index in [1.807, 2.05) is 0 Å². The monoisotopic (exact) mass is 409 g/mol. The largest absolute Gasteiger partial charge is 0.437 e. The summed E-state index contributed by atoms with van der Waals surface area (Å²) in [7, 11) is 0. The zero-order valence-corrected chi connectivity index (χ0v) is 15.8. The predicted molar refractivity (Wildman–Crippen MR) is 101 cm³/mol. The fourth-order valence-electron chi connectivity index (χ4n) is 3.30. The van der Waals surface area contributed by atoms with E-state index >= 15 is 0 Å². The van der Waals surface area contributed by atoms with Gasteiger partial charge in [0.1, 0.15) is 0 Å². The Hall–Kier alpha value is -2.42. The zero-order chi connectivity index (χ0) is 19.9. The number of thioether (sulfide) groups is 1. The molecule has 4 rings (SSSR count). The highest BCUT2D eigenvalue weighted by molar-refractivity contribution is 8.00. The molecule has 0 aliphatic carbocycles. The molecule has 0 bridgehead atoms. The van der Waals surface area contributed by atoms with Crippen LogP contribution in [0.1, 0.15) is 33.6 Å². The normalized spacial score (nSPS) is 22.4. The van der Waals surface area contributed by atoms with Crippen LogP contribution in [0.2, 0.25) is 0 Å². The summed E-state index contributed by atoms with van der Waals surface area (Å²) in [5.41, 5.74) is -0.744. The number of nitrogens with zero attached hydrogens (tertiary/aromatic N) is 1. The third-order valence-electron chi connectivity index (χ3n) is 5.00. The number of oxime groups is 1. The lowest BCUT2D eigenvalue weighted by Gasteiger charge is -2.28. The summed E-state index contributed by atoms with van der Waals surface area (Å²) >= 11 is 1.77. The summed E-state index contributed by atoms with van der Waals surface area (Å²) in [6, 6.07) is 7.91. The number of hydrogen-bond acceptors (Lipinski definition) is 4. The highest BCUT2D eigenvalue weighted by atomic mass is 32.2. The summed E-state index contributed by atoms with van der Waals surface area (Å²) in [4.78, 5) is 19.9. The quantitative estimate of drug-likeness (QED) is 0.808. The highest BCUT2D eigenvalue weighted by Crippen LogP contribution is 2.48. The van der Waals surface area contributed by atoms with E-state index in [0.717, 1.165) is 11.5 Å². The first-order valence-electron chi connectivity index (χ1n) is 8.75. The third-order valence-corrected chi connectivity index (χ3v) is 6.27. The Morgan fingerprint density at radius 2 is 2.14 bits per heavy atom. The Balaban J connectivity index is 1.57. The molecule has 2 aromatic rings. The van der Waals surface area contributed by atoms with Crippen molar-refractivity contribution in [1.82, 2.24) is 10.3 Å². The molecule has 1 aromatic heterocycles. The molecule has 1 atom stereocenters. The van der Waals surface area contributed by atoms with Crippen LogP contribution in [0.4, 0.5) is 13.2 Å². The lowest BCUT2D eigenvalue weighted by Crippen LogP contribution is -2.44. The number of aryl methyl sites for hydroxylation is 1. The Labute approximate surface area is 163 Å². The second-order valence-electron chi connectivity index (χ2n) is 6.95. The summed E-state index contributed by atoms with van der Waals surface area (Å²) in [6.45, 7) is 1.76. The van der Waals surface area contributed by atoms with Crippen molar-refractivity contribution >= 4 is 23.4 Å². The van der Waals surface area contributed by atoms with Gasteiger partial charge in [-0.1, -0.05) is 11.2 Å². The van der Waals surface area contributed by atoms with Crippen molar-refractivity contribution in [3.63, 3.8) is 0 Å². The number of nitrogens with one attached hydrogen (secondary N) is 2. The van der Waals surface area contributed by atoms with E-state index in [1.54, 1.807) is 36.9 Å². The van der Waals surface area contributed by atoms with Crippen molar-refractivity contribution < 1.29 is 22.8 Å². The molecule has 1 aromatic carbocycles. The summed E-state index contributed by atoms with van der Waals surface area (Å²) in [5.74, 6) is 1.62. The van der Waals surface area contributed by atoms with Crippen molar-refractivity contribution in [2.75, 3.05) is 11.5 Å². The minimum Gasteiger partial charge on any atom is -0.372 e. The maximum atomic E-state index is 13.8. The van der Waals surface area contributed by atoms with Crippen LogP contribution in [0.5, 0.6) is 0 Å². The number of carbonyl (C=O) groups is 1. The topological polar surface area (TPSA) is 66.5 Å². The van der Waals surface area contributed by atoms with Gasteiger partial charge in [0.15, 0.2) is 0 Å². The summed E-state index contributed by atoms with van der Waals surface area (Å²) in [6.07, 6.45) is -3.66. The van der Waals surface area contributed by atoms with Crippen LogP contribution < -0.4 is 5.32 Å². The Kier molecular flexibility index (Phi) is 4.65. The van der Waals surface area contributed by atoms with E-state index in [-0.39, 0.29) is 23.4 Å². The van der Waals surface area contributed by atoms with Crippen LogP contribution in [-0.2, 0) is 10.4 Å². The molecule has 9 heteroatoms. The maximum absolute atomic E-state index is 13.8. The van der Waals surface area contributed by atoms with Gasteiger partial charge in [-0.05, 0) is 42.3 Å². The summed E-state index contributed by atoms with van der Waals surface area (Å²) < 4.78 is 41.4. The Bertz CT molecular complexity index is 923. The molecule has 28 heavy (non-hydrogen) atoms. The van der Waals surface area contributed by atoms with Crippen LogP contribution in [0, 0.1) is 6.92 Å². The van der Waals surface area contributed by atoms with Crippen LogP contribution in [0.25, 0.3) is 0 Å². The number of aromatic amines is 1. The van der Waals surface area contributed by atoms with E-state index in [0.29, 0.717) is 16.7 Å². The van der Waals surface area contributed by atoms with Gasteiger partial charge >= 0.3 is 6.18 Å². The first kappa shape index (κ1) is 18.9. The number of aromatic nitrogens is 1. The molecule has 0 saturated carbocycles. The fourth-order valence-corrected chi connectivity index (χ4v) is 3.94. The number of benzene rings is 1. The molecule has 2 N–H and O–H groups in total. The molecule has 3 heterocycles. The SMILES string of the molecule is Cc1cc(C2=NOC(c3ccc[nH]3)(C(F)(F)F)C2)ccc1C(=O)NC1CSC1. The van der Waals surface area contributed by atoms with Crippen LogP contribution in [-0.4, -0.2) is 40.3 Å². The molecule has 1 amide bonds. The number of hydrogen-bond donors (Lipinski definition) is 2. The second kappa shape index (κ2) is 6.88. The standard InChI is InChI=1S/C19H18F3N3O2S/c1-11-7-12(4-5-14(11)17(26)24-13-9-28-10-13)15-8-18(27-25-15,19(20,21)22)16-3-2-6-23-16/h2-7,13,23H,8-10H2,1H3,(H,24,26). The Morgan fingerprint density at radius 3 is 2.71 bits per heavy atom. The van der Waals surface area contributed by atoms with Gasteiger partial charge < -0.3 is 15.1 Å². The number of alkyl halides is 3. The molecule has 1 fully saturated rings. The van der Waals surface area contributed by atoms with Crippen molar-refractivity contribution in [2.45, 2.75) is 31.2 Å². The highest BCUT2D eigenvalue weighted by Gasteiger charge is 2.63. The zero-order valence-electron chi connectivity index (χ0n) is 15.0. The Morgan fingerprint density at radius 1 is 1.36 bits per heavy atom. The molecule has 0 radical (unpaired) electrons. The van der Waals surface area contributed by atoms with Gasteiger partial charge in [-0.25, -0.2) is 0 Å². The minimum atomic E-state index is -4.64. The van der Waals surface area contributed by atoms with Crippen molar-refractivity contribution in [1.29, 1.82) is 0 Å². The van der Waals surface area contributed by atoms with Crippen LogP contribution in [0.15, 0.2) is 41.7 Å². The molecule has 2 aliphatic heterocycles. The number of amides is 1. The molecular formula is C19H18F3N3O2S. The van der Waals surface area contributed by atoms with Gasteiger partial charge in [0, 0.05) is 29.3 Å². The minimum absolute atomic E-state index is 0.0927. The van der Waals surface area contributed by atoms with Crippen LogP contribution in [0.3, 0.4) is 0 Å². The average molecular weight is 409 g/mol. The number of rotatable bonds is 4. The number of halogens is 3. The van der Waals surface area contributed by atoms with Crippen molar-refractivity contribution in [3.8, 4) is 0 Å².